The molecule has 1 N–H and O–H groups in total. The Kier molecular flexibility index (Phi) is 4.64. The van der Waals surface area contributed by atoms with Crippen LogP contribution < -0.4 is 0 Å². The second-order valence-corrected chi connectivity index (χ2v) is 6.94. The van der Waals surface area contributed by atoms with E-state index in [0.717, 1.165) is 30.8 Å². The summed E-state index contributed by atoms with van der Waals surface area (Å²) in [5.74, 6) is 0.0983. The number of aryl methyl sites for hydroxylation is 1. The average molecular weight is 318 g/mol. The summed E-state index contributed by atoms with van der Waals surface area (Å²) in [5, 5.41) is 10.9. The molecule has 0 unspecified atom stereocenters. The standard InChI is InChI=1S/C17H26N4O2/c1-13-10-18-11-15(19-13)16-4-3-7-21(16)12-17(23)5-8-20(9-6-17)14(2)22/h10-11,16,23H,3-9,12H2,1-2H3/t16-/m0/s1. The number of carbonyl (C=O) groups is 1. The Labute approximate surface area is 137 Å². The van der Waals surface area contributed by atoms with Crippen molar-refractivity contribution in [3.05, 3.63) is 23.8 Å². The number of hydrogen-bond acceptors (Lipinski definition) is 5. The third-order valence-electron chi connectivity index (χ3n) is 5.12. The minimum atomic E-state index is -0.703. The minimum absolute atomic E-state index is 0.0983. The van der Waals surface area contributed by atoms with Crippen LogP contribution in [0.15, 0.2) is 12.4 Å². The fraction of sp³-hybridized carbons (Fsp3) is 0.706. The van der Waals surface area contributed by atoms with Gasteiger partial charge in [0.1, 0.15) is 0 Å². The molecule has 0 bridgehead atoms. The molecule has 23 heavy (non-hydrogen) atoms. The van der Waals surface area contributed by atoms with E-state index in [4.69, 9.17) is 0 Å². The van der Waals surface area contributed by atoms with Crippen LogP contribution in [0.2, 0.25) is 0 Å². The Bertz CT molecular complexity index is 569. The number of hydrogen-bond donors (Lipinski definition) is 1. The van der Waals surface area contributed by atoms with Crippen LogP contribution in [0.3, 0.4) is 0 Å². The molecule has 1 aromatic heterocycles. The summed E-state index contributed by atoms with van der Waals surface area (Å²) in [6.45, 7) is 6.49. The molecule has 0 spiro atoms. The molecule has 6 nitrogen and oxygen atoms in total. The van der Waals surface area contributed by atoms with Gasteiger partial charge in [-0.05, 0) is 39.2 Å². The van der Waals surface area contributed by atoms with Gasteiger partial charge in [0, 0.05) is 39.0 Å². The Morgan fingerprint density at radius 3 is 2.74 bits per heavy atom. The van der Waals surface area contributed by atoms with Gasteiger partial charge in [0.2, 0.25) is 5.91 Å². The molecule has 0 aromatic carbocycles. The topological polar surface area (TPSA) is 69.6 Å². The van der Waals surface area contributed by atoms with Crippen LogP contribution >= 0.6 is 0 Å². The molecule has 126 valence electrons. The second-order valence-electron chi connectivity index (χ2n) is 6.94. The van der Waals surface area contributed by atoms with Crippen LogP contribution in [0.25, 0.3) is 0 Å². The van der Waals surface area contributed by atoms with Gasteiger partial charge in [-0.2, -0.15) is 0 Å². The van der Waals surface area contributed by atoms with Crippen molar-refractivity contribution in [1.82, 2.24) is 19.8 Å². The first kappa shape index (κ1) is 16.3. The van der Waals surface area contributed by atoms with Crippen LogP contribution in [0, 0.1) is 6.92 Å². The van der Waals surface area contributed by atoms with Crippen LogP contribution in [0.1, 0.15) is 50.0 Å². The maximum absolute atomic E-state index is 11.4. The molecule has 0 saturated carbocycles. The van der Waals surface area contributed by atoms with E-state index in [9.17, 15) is 9.90 Å². The zero-order chi connectivity index (χ0) is 16.4. The Hall–Kier alpha value is -1.53. The number of piperidine rings is 1. The average Bonchev–Trinajstić information content (AvgIpc) is 2.95. The van der Waals surface area contributed by atoms with E-state index in [1.54, 1.807) is 13.1 Å². The molecule has 2 aliphatic rings. The summed E-state index contributed by atoms with van der Waals surface area (Å²) in [4.78, 5) is 24.5. The van der Waals surface area contributed by atoms with Crippen LogP contribution in [0.4, 0.5) is 0 Å². The lowest BCUT2D eigenvalue weighted by molar-refractivity contribution is -0.133. The first-order chi connectivity index (χ1) is 11.0. The second kappa shape index (κ2) is 6.53. The number of rotatable bonds is 3. The lowest BCUT2D eigenvalue weighted by Crippen LogP contribution is -2.51. The van der Waals surface area contributed by atoms with Gasteiger partial charge in [0.15, 0.2) is 0 Å². The molecule has 0 aliphatic carbocycles. The fourth-order valence-electron chi connectivity index (χ4n) is 3.77. The molecule has 2 saturated heterocycles. The third-order valence-corrected chi connectivity index (χ3v) is 5.12. The number of nitrogens with zero attached hydrogens (tertiary/aromatic N) is 4. The lowest BCUT2D eigenvalue weighted by atomic mass is 9.90. The van der Waals surface area contributed by atoms with Gasteiger partial charge in [0.25, 0.3) is 0 Å². The highest BCUT2D eigenvalue weighted by Gasteiger charge is 2.38. The number of aliphatic hydroxyl groups is 1. The van der Waals surface area contributed by atoms with Crippen LogP contribution in [-0.2, 0) is 4.79 Å². The number of carbonyl (C=O) groups excluding carboxylic acids is 1. The highest BCUT2D eigenvalue weighted by molar-refractivity contribution is 5.73. The summed E-state index contributed by atoms with van der Waals surface area (Å²) in [7, 11) is 0. The van der Waals surface area contributed by atoms with E-state index in [1.807, 2.05) is 18.0 Å². The van der Waals surface area contributed by atoms with Crippen molar-refractivity contribution in [2.45, 2.75) is 51.2 Å². The quantitative estimate of drug-likeness (QED) is 0.909. The molecule has 2 fully saturated rings. The van der Waals surface area contributed by atoms with Crippen LogP contribution in [-0.4, -0.2) is 62.6 Å². The van der Waals surface area contributed by atoms with E-state index in [1.165, 1.54) is 0 Å². The van der Waals surface area contributed by atoms with Crippen molar-refractivity contribution in [2.24, 2.45) is 0 Å². The normalized spacial score (nSPS) is 24.8. The number of β-amino-alcohol motifs (C(OH)–C–C–N with tert-alkyl or cyclic N) is 1. The van der Waals surface area contributed by atoms with Gasteiger partial charge >= 0.3 is 0 Å². The predicted molar refractivity (Wildman–Crippen MR) is 86.8 cm³/mol. The first-order valence-corrected chi connectivity index (χ1v) is 8.47. The summed E-state index contributed by atoms with van der Waals surface area (Å²) in [6, 6.07) is 0.247. The molecular formula is C17H26N4O2. The Morgan fingerprint density at radius 2 is 2.09 bits per heavy atom. The zero-order valence-electron chi connectivity index (χ0n) is 14.0. The van der Waals surface area contributed by atoms with Gasteiger partial charge in [-0.1, -0.05) is 0 Å². The van der Waals surface area contributed by atoms with Crippen molar-refractivity contribution in [2.75, 3.05) is 26.2 Å². The maximum Gasteiger partial charge on any atom is 0.219 e. The highest BCUT2D eigenvalue weighted by atomic mass is 16.3. The van der Waals surface area contributed by atoms with Crippen molar-refractivity contribution >= 4 is 5.91 Å². The summed E-state index contributed by atoms with van der Waals surface area (Å²) < 4.78 is 0. The van der Waals surface area contributed by atoms with Crippen molar-refractivity contribution in [1.29, 1.82) is 0 Å². The molecule has 3 heterocycles. The molecular weight excluding hydrogens is 292 g/mol. The number of aromatic nitrogens is 2. The van der Waals surface area contributed by atoms with Crippen molar-refractivity contribution in [3.63, 3.8) is 0 Å². The largest absolute Gasteiger partial charge is 0.388 e. The zero-order valence-corrected chi connectivity index (χ0v) is 14.0. The van der Waals surface area contributed by atoms with Gasteiger partial charge in [-0.15, -0.1) is 0 Å². The maximum atomic E-state index is 11.4. The minimum Gasteiger partial charge on any atom is -0.388 e. The summed E-state index contributed by atoms with van der Waals surface area (Å²) in [6.07, 6.45) is 7.10. The first-order valence-electron chi connectivity index (χ1n) is 8.47. The Balaban J connectivity index is 1.66. The highest BCUT2D eigenvalue weighted by Crippen LogP contribution is 2.34. The van der Waals surface area contributed by atoms with Gasteiger partial charge in [-0.3, -0.25) is 19.7 Å². The molecule has 1 atom stereocenters. The van der Waals surface area contributed by atoms with E-state index in [0.29, 0.717) is 32.5 Å². The molecule has 6 heteroatoms. The molecule has 1 aromatic rings. The Morgan fingerprint density at radius 1 is 1.35 bits per heavy atom. The summed E-state index contributed by atoms with van der Waals surface area (Å²) in [5.41, 5.74) is 1.24. The van der Waals surface area contributed by atoms with Gasteiger partial charge in [-0.25, -0.2) is 0 Å². The molecule has 0 radical (unpaired) electrons. The van der Waals surface area contributed by atoms with Crippen molar-refractivity contribution < 1.29 is 9.90 Å². The van der Waals surface area contributed by atoms with E-state index < -0.39 is 5.60 Å². The summed E-state index contributed by atoms with van der Waals surface area (Å²) >= 11 is 0. The van der Waals surface area contributed by atoms with Crippen molar-refractivity contribution in [3.8, 4) is 0 Å². The molecule has 1 amide bonds. The van der Waals surface area contributed by atoms with E-state index in [-0.39, 0.29) is 11.9 Å². The number of amides is 1. The van der Waals surface area contributed by atoms with E-state index >= 15 is 0 Å². The monoisotopic (exact) mass is 318 g/mol. The smallest absolute Gasteiger partial charge is 0.219 e. The molecule has 3 rings (SSSR count). The lowest BCUT2D eigenvalue weighted by Gasteiger charge is -2.41. The molecule has 2 aliphatic heterocycles. The van der Waals surface area contributed by atoms with E-state index in [2.05, 4.69) is 14.9 Å². The van der Waals surface area contributed by atoms with Crippen LogP contribution in [0.5, 0.6) is 0 Å². The third kappa shape index (κ3) is 3.70. The SMILES string of the molecule is CC(=O)N1CCC(O)(CN2CCC[C@H]2c2cncc(C)n2)CC1. The van der Waals surface area contributed by atoms with Gasteiger partial charge in [0.05, 0.1) is 23.0 Å². The fourth-order valence-corrected chi connectivity index (χ4v) is 3.77. The van der Waals surface area contributed by atoms with Gasteiger partial charge < -0.3 is 10.0 Å². The predicted octanol–water partition coefficient (Wildman–Crippen LogP) is 1.30. The number of likely N-dealkylation sites (tertiary alicyclic amines) is 2.